The lowest BCUT2D eigenvalue weighted by atomic mass is 9.89. The topological polar surface area (TPSA) is 55.6 Å². The summed E-state index contributed by atoms with van der Waals surface area (Å²) in [6.07, 6.45) is 1.15. The normalized spacial score (nSPS) is 16.9. The van der Waals surface area contributed by atoms with Gasteiger partial charge in [0.25, 0.3) is 0 Å². The Labute approximate surface area is 125 Å². The minimum Gasteiger partial charge on any atom is -0.444 e. The van der Waals surface area contributed by atoms with Crippen LogP contribution >= 0.6 is 0 Å². The summed E-state index contributed by atoms with van der Waals surface area (Å²) < 4.78 is 19.4. The van der Waals surface area contributed by atoms with Gasteiger partial charge in [-0.15, -0.1) is 0 Å². The number of benzene rings is 1. The highest BCUT2D eigenvalue weighted by atomic mass is 19.1. The third kappa shape index (κ3) is 3.86. The molecule has 2 N–H and O–H groups in total. The molecule has 1 heterocycles. The first-order chi connectivity index (χ1) is 9.78. The SMILES string of the molecule is CC(C)(C)OC(=O)N1CCC(c2cccc(N)c2F)CC1. The molecule has 0 spiro atoms. The molecule has 1 fully saturated rings. The first-order valence-electron chi connectivity index (χ1n) is 7.30. The van der Waals surface area contributed by atoms with Crippen molar-refractivity contribution in [3.05, 3.63) is 29.6 Å². The van der Waals surface area contributed by atoms with Gasteiger partial charge >= 0.3 is 6.09 Å². The number of nitrogen functional groups attached to an aromatic ring is 1. The van der Waals surface area contributed by atoms with Crippen LogP contribution in [0.3, 0.4) is 0 Å². The lowest BCUT2D eigenvalue weighted by Crippen LogP contribution is -2.41. The predicted molar refractivity (Wildman–Crippen MR) is 80.6 cm³/mol. The van der Waals surface area contributed by atoms with Crippen LogP contribution in [0.15, 0.2) is 18.2 Å². The molecule has 5 heteroatoms. The Morgan fingerprint density at radius 1 is 1.33 bits per heavy atom. The van der Waals surface area contributed by atoms with E-state index in [1.54, 1.807) is 23.1 Å². The minimum atomic E-state index is -0.492. The molecule has 0 aromatic heterocycles. The van der Waals surface area contributed by atoms with E-state index in [0.29, 0.717) is 18.7 Å². The second-order valence-corrected chi connectivity index (χ2v) is 6.49. The molecule has 1 amide bonds. The van der Waals surface area contributed by atoms with Gasteiger partial charge in [0.05, 0.1) is 5.69 Å². The molecule has 0 radical (unpaired) electrons. The number of ether oxygens (including phenoxy) is 1. The third-order valence-corrected chi connectivity index (χ3v) is 3.64. The molecule has 0 unspecified atom stereocenters. The average molecular weight is 294 g/mol. The fourth-order valence-corrected chi connectivity index (χ4v) is 2.58. The second-order valence-electron chi connectivity index (χ2n) is 6.49. The highest BCUT2D eigenvalue weighted by Crippen LogP contribution is 2.32. The molecule has 0 atom stereocenters. The molecule has 0 saturated carbocycles. The lowest BCUT2D eigenvalue weighted by molar-refractivity contribution is 0.0204. The zero-order chi connectivity index (χ0) is 15.6. The lowest BCUT2D eigenvalue weighted by Gasteiger charge is -2.33. The molecule has 1 aromatic carbocycles. The van der Waals surface area contributed by atoms with Gasteiger partial charge in [-0.2, -0.15) is 0 Å². The number of hydrogen-bond acceptors (Lipinski definition) is 3. The largest absolute Gasteiger partial charge is 0.444 e. The van der Waals surface area contributed by atoms with Crippen molar-refractivity contribution in [2.75, 3.05) is 18.8 Å². The monoisotopic (exact) mass is 294 g/mol. The van der Waals surface area contributed by atoms with E-state index in [9.17, 15) is 9.18 Å². The van der Waals surface area contributed by atoms with Crippen molar-refractivity contribution in [3.63, 3.8) is 0 Å². The van der Waals surface area contributed by atoms with E-state index in [1.165, 1.54) is 0 Å². The molecule has 2 rings (SSSR count). The van der Waals surface area contributed by atoms with Crippen LogP contribution in [0, 0.1) is 5.82 Å². The van der Waals surface area contributed by atoms with Gasteiger partial charge in [0.1, 0.15) is 11.4 Å². The summed E-state index contributed by atoms with van der Waals surface area (Å²) in [5.74, 6) is -0.222. The predicted octanol–water partition coefficient (Wildman–Crippen LogP) is 3.52. The van der Waals surface area contributed by atoms with Crippen molar-refractivity contribution >= 4 is 11.8 Å². The first-order valence-corrected chi connectivity index (χ1v) is 7.30. The average Bonchev–Trinajstić information content (AvgIpc) is 2.40. The Morgan fingerprint density at radius 3 is 2.52 bits per heavy atom. The summed E-state index contributed by atoms with van der Waals surface area (Å²) in [5, 5.41) is 0. The summed E-state index contributed by atoms with van der Waals surface area (Å²) >= 11 is 0. The number of anilines is 1. The first kappa shape index (κ1) is 15.6. The van der Waals surface area contributed by atoms with Crippen LogP contribution in [0.2, 0.25) is 0 Å². The van der Waals surface area contributed by atoms with E-state index < -0.39 is 5.60 Å². The summed E-state index contributed by atoms with van der Waals surface area (Å²) in [5.41, 5.74) is 5.95. The zero-order valence-corrected chi connectivity index (χ0v) is 12.9. The fourth-order valence-electron chi connectivity index (χ4n) is 2.58. The van der Waals surface area contributed by atoms with Gasteiger partial charge in [0.15, 0.2) is 0 Å². The summed E-state index contributed by atoms with van der Waals surface area (Å²) in [6, 6.07) is 5.11. The highest BCUT2D eigenvalue weighted by molar-refractivity contribution is 5.68. The molecule has 1 saturated heterocycles. The number of carbonyl (C=O) groups excluding carboxylic acids is 1. The van der Waals surface area contributed by atoms with E-state index in [4.69, 9.17) is 10.5 Å². The number of piperidine rings is 1. The number of likely N-dealkylation sites (tertiary alicyclic amines) is 1. The molecule has 1 aromatic rings. The van der Waals surface area contributed by atoms with Crippen LogP contribution < -0.4 is 5.73 Å². The van der Waals surface area contributed by atoms with E-state index >= 15 is 0 Å². The fraction of sp³-hybridized carbons (Fsp3) is 0.562. The van der Waals surface area contributed by atoms with E-state index in [-0.39, 0.29) is 23.5 Å². The van der Waals surface area contributed by atoms with Gasteiger partial charge in [-0.3, -0.25) is 0 Å². The van der Waals surface area contributed by atoms with Crippen LogP contribution in [0.4, 0.5) is 14.9 Å². The molecule has 0 aliphatic carbocycles. The molecule has 4 nitrogen and oxygen atoms in total. The third-order valence-electron chi connectivity index (χ3n) is 3.64. The van der Waals surface area contributed by atoms with Crippen LogP contribution in [-0.2, 0) is 4.74 Å². The van der Waals surface area contributed by atoms with Gasteiger partial charge in [0, 0.05) is 13.1 Å². The Bertz CT molecular complexity index is 517. The van der Waals surface area contributed by atoms with Crippen molar-refractivity contribution in [1.29, 1.82) is 0 Å². The molecule has 1 aliphatic rings. The number of nitrogens with two attached hydrogens (primary N) is 1. The number of halogens is 1. The van der Waals surface area contributed by atoms with Crippen molar-refractivity contribution in [3.8, 4) is 0 Å². The second kappa shape index (κ2) is 5.92. The quantitative estimate of drug-likeness (QED) is 0.806. The maximum Gasteiger partial charge on any atom is 0.410 e. The van der Waals surface area contributed by atoms with E-state index in [1.807, 2.05) is 20.8 Å². The van der Waals surface area contributed by atoms with E-state index in [0.717, 1.165) is 12.8 Å². The number of nitrogens with zero attached hydrogens (tertiary/aromatic N) is 1. The smallest absolute Gasteiger partial charge is 0.410 e. The standard InChI is InChI=1S/C16H23FN2O2/c1-16(2,3)21-15(20)19-9-7-11(8-10-19)12-5-4-6-13(18)14(12)17/h4-6,11H,7-10,18H2,1-3H3. The van der Waals surface area contributed by atoms with Crippen molar-refractivity contribution in [2.24, 2.45) is 0 Å². The summed E-state index contributed by atoms with van der Waals surface area (Å²) in [7, 11) is 0. The Hall–Kier alpha value is -1.78. The van der Waals surface area contributed by atoms with Gasteiger partial charge < -0.3 is 15.4 Å². The van der Waals surface area contributed by atoms with Crippen LogP contribution in [-0.4, -0.2) is 29.7 Å². The van der Waals surface area contributed by atoms with Gasteiger partial charge in [0.2, 0.25) is 0 Å². The Balaban J connectivity index is 1.97. The van der Waals surface area contributed by atoms with Crippen molar-refractivity contribution < 1.29 is 13.9 Å². The van der Waals surface area contributed by atoms with Crippen LogP contribution in [0.25, 0.3) is 0 Å². The maximum absolute atomic E-state index is 14.0. The Kier molecular flexibility index (Phi) is 4.40. The molecule has 116 valence electrons. The maximum atomic E-state index is 14.0. The molecular formula is C16H23FN2O2. The zero-order valence-electron chi connectivity index (χ0n) is 12.9. The molecule has 21 heavy (non-hydrogen) atoms. The number of carbonyl (C=O) groups is 1. The molecule has 1 aliphatic heterocycles. The number of rotatable bonds is 1. The van der Waals surface area contributed by atoms with E-state index in [2.05, 4.69) is 0 Å². The molecule has 0 bridgehead atoms. The summed E-state index contributed by atoms with van der Waals surface area (Å²) in [4.78, 5) is 13.7. The molecular weight excluding hydrogens is 271 g/mol. The number of hydrogen-bond donors (Lipinski definition) is 1. The minimum absolute atomic E-state index is 0.104. The van der Waals surface area contributed by atoms with Gasteiger partial charge in [-0.1, -0.05) is 12.1 Å². The van der Waals surface area contributed by atoms with Crippen molar-refractivity contribution in [1.82, 2.24) is 4.90 Å². The van der Waals surface area contributed by atoms with Crippen LogP contribution in [0.5, 0.6) is 0 Å². The highest BCUT2D eigenvalue weighted by Gasteiger charge is 2.28. The van der Waals surface area contributed by atoms with Crippen molar-refractivity contribution in [2.45, 2.75) is 45.1 Å². The number of amides is 1. The van der Waals surface area contributed by atoms with Crippen LogP contribution in [0.1, 0.15) is 45.1 Å². The van der Waals surface area contributed by atoms with Gasteiger partial charge in [-0.25, -0.2) is 9.18 Å². The summed E-state index contributed by atoms with van der Waals surface area (Å²) in [6.45, 7) is 6.70. The Morgan fingerprint density at radius 2 is 1.95 bits per heavy atom. The van der Waals surface area contributed by atoms with Gasteiger partial charge in [-0.05, 0) is 51.2 Å².